The number of hydrogen-bond donors (Lipinski definition) is 1. The van der Waals surface area contributed by atoms with E-state index in [1.54, 1.807) is 4.90 Å². The average molecular weight is 252 g/mol. The van der Waals surface area contributed by atoms with Crippen LogP contribution in [-0.4, -0.2) is 53.4 Å². The molecule has 5 nitrogen and oxygen atoms in total. The maximum atomic E-state index is 13.7. The van der Waals surface area contributed by atoms with Crippen LogP contribution < -0.4 is 5.73 Å². The van der Waals surface area contributed by atoms with Gasteiger partial charge in [0.2, 0.25) is 0 Å². The third kappa shape index (κ3) is 2.43. The summed E-state index contributed by atoms with van der Waals surface area (Å²) in [5, 5.41) is 0. The van der Waals surface area contributed by atoms with Crippen LogP contribution in [-0.2, 0) is 0 Å². The Morgan fingerprint density at radius 2 is 2.11 bits per heavy atom. The number of aromatic nitrogens is 1. The number of nitrogens with zero attached hydrogens (tertiary/aromatic N) is 3. The Hall–Kier alpha value is -1.69. The average Bonchev–Trinajstić information content (AvgIpc) is 2.41. The van der Waals surface area contributed by atoms with Crippen molar-refractivity contribution < 1.29 is 9.18 Å². The highest BCUT2D eigenvalue weighted by atomic mass is 19.1. The molecule has 0 atom stereocenters. The second-order valence-corrected chi connectivity index (χ2v) is 4.28. The summed E-state index contributed by atoms with van der Waals surface area (Å²) in [7, 11) is 0. The van der Waals surface area contributed by atoms with Crippen LogP contribution in [0.5, 0.6) is 0 Å². The lowest BCUT2D eigenvalue weighted by Gasteiger charge is -2.34. The van der Waals surface area contributed by atoms with Gasteiger partial charge in [0.15, 0.2) is 11.6 Å². The number of piperazine rings is 1. The Morgan fingerprint density at radius 1 is 1.44 bits per heavy atom. The quantitative estimate of drug-likeness (QED) is 0.836. The second-order valence-electron chi connectivity index (χ2n) is 4.28. The molecule has 1 saturated heterocycles. The fraction of sp³-hybridized carbons (Fsp3) is 0.500. The molecule has 2 N–H and O–H groups in total. The number of carbonyl (C=O) groups excluding carboxylic acids is 1. The summed E-state index contributed by atoms with van der Waals surface area (Å²) in [6.07, 6.45) is 1.36. The smallest absolute Gasteiger partial charge is 0.257 e. The summed E-state index contributed by atoms with van der Waals surface area (Å²) in [5.74, 6) is -1.26. The molecule has 2 rings (SSSR count). The van der Waals surface area contributed by atoms with Gasteiger partial charge >= 0.3 is 0 Å². The van der Waals surface area contributed by atoms with E-state index in [1.807, 2.05) is 0 Å². The van der Waals surface area contributed by atoms with E-state index in [2.05, 4.69) is 16.8 Å². The first kappa shape index (κ1) is 12.8. The number of anilines is 1. The lowest BCUT2D eigenvalue weighted by atomic mass is 10.2. The van der Waals surface area contributed by atoms with Gasteiger partial charge in [-0.3, -0.25) is 4.79 Å². The number of carbonyl (C=O) groups is 1. The predicted molar refractivity (Wildman–Crippen MR) is 66.6 cm³/mol. The van der Waals surface area contributed by atoms with Crippen LogP contribution in [0.3, 0.4) is 0 Å². The van der Waals surface area contributed by atoms with Crippen molar-refractivity contribution in [3.8, 4) is 0 Å². The lowest BCUT2D eigenvalue weighted by molar-refractivity contribution is 0.0639. The largest absolute Gasteiger partial charge is 0.381 e. The van der Waals surface area contributed by atoms with Gasteiger partial charge in [-0.15, -0.1) is 0 Å². The molecule has 98 valence electrons. The van der Waals surface area contributed by atoms with Gasteiger partial charge in [0.05, 0.1) is 5.56 Å². The van der Waals surface area contributed by atoms with Gasteiger partial charge in [-0.2, -0.15) is 0 Å². The number of likely N-dealkylation sites (N-methyl/N-ethyl adjacent to an activating group) is 1. The molecule has 1 aromatic heterocycles. The van der Waals surface area contributed by atoms with E-state index in [9.17, 15) is 9.18 Å². The van der Waals surface area contributed by atoms with E-state index in [-0.39, 0.29) is 17.3 Å². The molecule has 18 heavy (non-hydrogen) atoms. The molecule has 0 radical (unpaired) electrons. The van der Waals surface area contributed by atoms with E-state index in [1.165, 1.54) is 12.3 Å². The number of pyridine rings is 1. The van der Waals surface area contributed by atoms with Gasteiger partial charge in [-0.05, 0) is 12.6 Å². The monoisotopic (exact) mass is 252 g/mol. The highest BCUT2D eigenvalue weighted by Crippen LogP contribution is 2.15. The third-order valence-corrected chi connectivity index (χ3v) is 3.25. The Morgan fingerprint density at radius 3 is 2.72 bits per heavy atom. The molecule has 0 unspecified atom stereocenters. The Bertz CT molecular complexity index is 444. The maximum absolute atomic E-state index is 13.7. The van der Waals surface area contributed by atoms with Crippen LogP contribution in [0.1, 0.15) is 17.3 Å². The van der Waals surface area contributed by atoms with Crippen molar-refractivity contribution in [2.45, 2.75) is 6.92 Å². The van der Waals surface area contributed by atoms with Crippen molar-refractivity contribution >= 4 is 11.7 Å². The van der Waals surface area contributed by atoms with Gasteiger partial charge in [-0.25, -0.2) is 9.37 Å². The summed E-state index contributed by atoms with van der Waals surface area (Å²) in [6, 6.07) is 1.38. The molecule has 1 amide bonds. The number of hydrogen-bond acceptors (Lipinski definition) is 4. The Labute approximate surface area is 105 Å². The van der Waals surface area contributed by atoms with Crippen molar-refractivity contribution in [1.82, 2.24) is 14.8 Å². The van der Waals surface area contributed by atoms with Gasteiger partial charge in [0, 0.05) is 32.4 Å². The van der Waals surface area contributed by atoms with E-state index in [0.29, 0.717) is 13.1 Å². The zero-order chi connectivity index (χ0) is 13.1. The van der Waals surface area contributed by atoms with Gasteiger partial charge in [0.25, 0.3) is 5.91 Å². The van der Waals surface area contributed by atoms with Gasteiger partial charge < -0.3 is 15.5 Å². The first-order valence-electron chi connectivity index (χ1n) is 6.05. The van der Waals surface area contributed by atoms with Crippen LogP contribution in [0, 0.1) is 5.82 Å². The van der Waals surface area contributed by atoms with E-state index in [4.69, 9.17) is 5.73 Å². The topological polar surface area (TPSA) is 62.5 Å². The number of halogens is 1. The highest BCUT2D eigenvalue weighted by Gasteiger charge is 2.24. The van der Waals surface area contributed by atoms with Crippen molar-refractivity contribution in [2.24, 2.45) is 0 Å². The fourth-order valence-corrected chi connectivity index (χ4v) is 2.06. The molecule has 0 aromatic carbocycles. The summed E-state index contributed by atoms with van der Waals surface area (Å²) in [6.45, 7) is 5.94. The zero-order valence-electron chi connectivity index (χ0n) is 10.4. The fourth-order valence-electron chi connectivity index (χ4n) is 2.06. The molecule has 0 spiro atoms. The van der Waals surface area contributed by atoms with E-state index in [0.717, 1.165) is 19.6 Å². The number of nitrogens with two attached hydrogens (primary N) is 1. The molecule has 0 bridgehead atoms. The molecule has 1 fully saturated rings. The third-order valence-electron chi connectivity index (χ3n) is 3.25. The second kappa shape index (κ2) is 5.30. The minimum Gasteiger partial charge on any atom is -0.381 e. The minimum atomic E-state index is -0.722. The van der Waals surface area contributed by atoms with Gasteiger partial charge in [-0.1, -0.05) is 6.92 Å². The number of nitrogen functional groups attached to an aromatic ring is 1. The van der Waals surface area contributed by atoms with E-state index >= 15 is 0 Å². The molecule has 1 aliphatic heterocycles. The predicted octanol–water partition coefficient (Wildman–Crippen LogP) is 0.581. The Kier molecular flexibility index (Phi) is 3.76. The number of amides is 1. The van der Waals surface area contributed by atoms with Crippen molar-refractivity contribution in [2.75, 3.05) is 38.5 Å². The summed E-state index contributed by atoms with van der Waals surface area (Å²) in [5.41, 5.74) is 5.37. The molecule has 0 aliphatic carbocycles. The Balaban J connectivity index is 2.10. The van der Waals surface area contributed by atoms with Crippen LogP contribution >= 0.6 is 0 Å². The highest BCUT2D eigenvalue weighted by molar-refractivity contribution is 5.95. The summed E-state index contributed by atoms with van der Waals surface area (Å²) >= 11 is 0. The van der Waals surface area contributed by atoms with E-state index < -0.39 is 5.82 Å². The standard InChI is InChI=1S/C12H17FN4O/c1-2-16-5-7-17(8-6-16)12(18)9-3-4-15-11(14)10(9)13/h3-4H,2,5-8H2,1H3,(H2,14,15). The molecule has 0 saturated carbocycles. The molecule has 1 aliphatic rings. The first-order valence-corrected chi connectivity index (χ1v) is 6.05. The van der Waals surface area contributed by atoms with Crippen LogP contribution in [0.25, 0.3) is 0 Å². The normalized spacial score (nSPS) is 16.9. The minimum absolute atomic E-state index is 0.00690. The van der Waals surface area contributed by atoms with Crippen LogP contribution in [0.4, 0.5) is 10.2 Å². The molecule has 1 aromatic rings. The van der Waals surface area contributed by atoms with Crippen molar-refractivity contribution in [1.29, 1.82) is 0 Å². The maximum Gasteiger partial charge on any atom is 0.257 e. The van der Waals surface area contributed by atoms with Crippen LogP contribution in [0.2, 0.25) is 0 Å². The zero-order valence-corrected chi connectivity index (χ0v) is 10.4. The summed E-state index contributed by atoms with van der Waals surface area (Å²) in [4.78, 5) is 19.7. The van der Waals surface area contributed by atoms with Crippen molar-refractivity contribution in [3.05, 3.63) is 23.6 Å². The summed E-state index contributed by atoms with van der Waals surface area (Å²) < 4.78 is 13.7. The molecular weight excluding hydrogens is 235 g/mol. The van der Waals surface area contributed by atoms with Crippen LogP contribution in [0.15, 0.2) is 12.3 Å². The molecule has 2 heterocycles. The molecule has 6 heteroatoms. The van der Waals surface area contributed by atoms with Crippen molar-refractivity contribution in [3.63, 3.8) is 0 Å². The SMILES string of the molecule is CCN1CCN(C(=O)c2ccnc(N)c2F)CC1. The lowest BCUT2D eigenvalue weighted by Crippen LogP contribution is -2.48. The molecular formula is C12H17FN4O. The number of rotatable bonds is 2. The van der Waals surface area contributed by atoms with Gasteiger partial charge in [0.1, 0.15) is 0 Å². The first-order chi connectivity index (χ1) is 8.63.